The lowest BCUT2D eigenvalue weighted by atomic mass is 10.1. The zero-order valence-electron chi connectivity index (χ0n) is 11.5. The molecule has 2 rings (SSSR count). The summed E-state index contributed by atoms with van der Waals surface area (Å²) in [5, 5.41) is 0. The van der Waals surface area contributed by atoms with E-state index >= 15 is 0 Å². The second-order valence-corrected chi connectivity index (χ2v) is 5.22. The number of pyridine rings is 1. The lowest BCUT2D eigenvalue weighted by Crippen LogP contribution is -2.48. The predicted molar refractivity (Wildman–Crippen MR) is 76.8 cm³/mol. The van der Waals surface area contributed by atoms with Crippen molar-refractivity contribution in [3.8, 4) is 0 Å². The normalized spacial score (nSPS) is 18.9. The Balaban J connectivity index is 1.89. The molecule has 0 radical (unpaired) electrons. The molecule has 4 nitrogen and oxygen atoms in total. The number of rotatable bonds is 4. The summed E-state index contributed by atoms with van der Waals surface area (Å²) in [6.07, 6.45) is 3.07. The Morgan fingerprint density at radius 3 is 2.67 bits per heavy atom. The first-order chi connectivity index (χ1) is 8.70. The van der Waals surface area contributed by atoms with Crippen LogP contribution in [0.15, 0.2) is 18.3 Å². The van der Waals surface area contributed by atoms with Crippen molar-refractivity contribution in [1.82, 2.24) is 9.88 Å². The predicted octanol–water partition coefficient (Wildman–Crippen LogP) is 1.83. The number of hydrogen-bond acceptors (Lipinski definition) is 4. The van der Waals surface area contributed by atoms with Crippen molar-refractivity contribution < 1.29 is 0 Å². The SMILES string of the molecule is CCC(C)CN1CCN(c2ncccc2N)CC1. The zero-order chi connectivity index (χ0) is 13.0. The van der Waals surface area contributed by atoms with Gasteiger partial charge >= 0.3 is 0 Å². The quantitative estimate of drug-likeness (QED) is 0.883. The van der Waals surface area contributed by atoms with Gasteiger partial charge in [0.15, 0.2) is 5.82 Å². The van der Waals surface area contributed by atoms with Crippen LogP contribution in [0, 0.1) is 5.92 Å². The van der Waals surface area contributed by atoms with Gasteiger partial charge in [-0.25, -0.2) is 4.98 Å². The van der Waals surface area contributed by atoms with Gasteiger partial charge in [0.1, 0.15) is 0 Å². The molecule has 2 N–H and O–H groups in total. The average molecular weight is 248 g/mol. The van der Waals surface area contributed by atoms with Gasteiger partial charge in [0.2, 0.25) is 0 Å². The third-order valence-corrected chi connectivity index (χ3v) is 3.76. The van der Waals surface area contributed by atoms with E-state index in [0.29, 0.717) is 0 Å². The largest absolute Gasteiger partial charge is 0.396 e. The molecule has 0 aromatic carbocycles. The topological polar surface area (TPSA) is 45.4 Å². The zero-order valence-corrected chi connectivity index (χ0v) is 11.5. The smallest absolute Gasteiger partial charge is 0.151 e. The molecule has 0 amide bonds. The van der Waals surface area contributed by atoms with Crippen molar-refractivity contribution in [3.05, 3.63) is 18.3 Å². The van der Waals surface area contributed by atoms with Crippen LogP contribution < -0.4 is 10.6 Å². The van der Waals surface area contributed by atoms with Crippen LogP contribution in [0.2, 0.25) is 0 Å². The summed E-state index contributed by atoms with van der Waals surface area (Å²) in [6.45, 7) is 10.1. The number of aromatic nitrogens is 1. The summed E-state index contributed by atoms with van der Waals surface area (Å²) in [5.74, 6) is 1.73. The highest BCUT2D eigenvalue weighted by molar-refractivity contribution is 5.62. The van der Waals surface area contributed by atoms with Crippen molar-refractivity contribution in [2.75, 3.05) is 43.4 Å². The van der Waals surface area contributed by atoms with Crippen LogP contribution in [-0.2, 0) is 0 Å². The number of nitrogens with zero attached hydrogens (tertiary/aromatic N) is 3. The Morgan fingerprint density at radius 1 is 1.33 bits per heavy atom. The number of nitrogen functional groups attached to an aromatic ring is 1. The first-order valence-electron chi connectivity index (χ1n) is 6.88. The molecule has 100 valence electrons. The van der Waals surface area contributed by atoms with E-state index < -0.39 is 0 Å². The highest BCUT2D eigenvalue weighted by atomic mass is 15.3. The molecular formula is C14H24N4. The van der Waals surface area contributed by atoms with E-state index in [9.17, 15) is 0 Å². The van der Waals surface area contributed by atoms with E-state index in [1.165, 1.54) is 13.0 Å². The lowest BCUT2D eigenvalue weighted by molar-refractivity contribution is 0.222. The fraction of sp³-hybridized carbons (Fsp3) is 0.643. The molecule has 18 heavy (non-hydrogen) atoms. The molecule has 1 saturated heterocycles. The molecule has 1 aliphatic heterocycles. The molecular weight excluding hydrogens is 224 g/mol. The van der Waals surface area contributed by atoms with Gasteiger partial charge < -0.3 is 10.6 Å². The van der Waals surface area contributed by atoms with Gasteiger partial charge in [0.05, 0.1) is 5.69 Å². The summed E-state index contributed by atoms with van der Waals surface area (Å²) in [4.78, 5) is 9.23. The summed E-state index contributed by atoms with van der Waals surface area (Å²) in [5.41, 5.74) is 6.76. The molecule has 0 spiro atoms. The summed E-state index contributed by atoms with van der Waals surface area (Å²) < 4.78 is 0. The lowest BCUT2D eigenvalue weighted by Gasteiger charge is -2.36. The van der Waals surface area contributed by atoms with E-state index in [-0.39, 0.29) is 0 Å². The van der Waals surface area contributed by atoms with Crippen LogP contribution in [0.5, 0.6) is 0 Å². The van der Waals surface area contributed by atoms with Crippen LogP contribution in [0.3, 0.4) is 0 Å². The van der Waals surface area contributed by atoms with Crippen LogP contribution >= 0.6 is 0 Å². The number of anilines is 2. The maximum Gasteiger partial charge on any atom is 0.151 e. The van der Waals surface area contributed by atoms with E-state index in [2.05, 4.69) is 28.6 Å². The number of piperazine rings is 1. The van der Waals surface area contributed by atoms with E-state index in [0.717, 1.165) is 43.6 Å². The van der Waals surface area contributed by atoms with E-state index in [4.69, 9.17) is 5.73 Å². The maximum absolute atomic E-state index is 5.97. The first-order valence-corrected chi connectivity index (χ1v) is 6.88. The van der Waals surface area contributed by atoms with E-state index in [1.54, 1.807) is 0 Å². The Morgan fingerprint density at radius 2 is 2.06 bits per heavy atom. The molecule has 0 aliphatic carbocycles. The molecule has 2 heterocycles. The van der Waals surface area contributed by atoms with Crippen molar-refractivity contribution >= 4 is 11.5 Å². The Bertz CT molecular complexity index is 372. The standard InChI is InChI=1S/C14H24N4/c1-3-12(2)11-17-7-9-18(10-8-17)14-13(15)5-4-6-16-14/h4-6,12H,3,7-11,15H2,1-2H3. The van der Waals surface area contributed by atoms with Crippen molar-refractivity contribution in [2.45, 2.75) is 20.3 Å². The van der Waals surface area contributed by atoms with E-state index in [1.807, 2.05) is 18.3 Å². The Hall–Kier alpha value is -1.29. The third kappa shape index (κ3) is 3.13. The van der Waals surface area contributed by atoms with Crippen molar-refractivity contribution in [3.63, 3.8) is 0 Å². The van der Waals surface area contributed by atoms with Gasteiger partial charge in [-0.1, -0.05) is 20.3 Å². The maximum atomic E-state index is 5.97. The third-order valence-electron chi connectivity index (χ3n) is 3.76. The fourth-order valence-corrected chi connectivity index (χ4v) is 2.39. The average Bonchev–Trinajstić information content (AvgIpc) is 2.40. The molecule has 1 aromatic rings. The van der Waals surface area contributed by atoms with Crippen LogP contribution in [0.4, 0.5) is 11.5 Å². The highest BCUT2D eigenvalue weighted by Crippen LogP contribution is 2.20. The highest BCUT2D eigenvalue weighted by Gasteiger charge is 2.20. The molecule has 0 saturated carbocycles. The summed E-state index contributed by atoms with van der Waals surface area (Å²) in [7, 11) is 0. The van der Waals surface area contributed by atoms with Crippen LogP contribution in [0.1, 0.15) is 20.3 Å². The molecule has 1 aromatic heterocycles. The van der Waals surface area contributed by atoms with Crippen molar-refractivity contribution in [1.29, 1.82) is 0 Å². The Labute approximate surface area is 110 Å². The molecule has 4 heteroatoms. The number of hydrogen-bond donors (Lipinski definition) is 1. The summed E-state index contributed by atoms with van der Waals surface area (Å²) >= 11 is 0. The minimum atomic E-state index is 0.785. The van der Waals surface area contributed by atoms with Gasteiger partial charge in [0, 0.05) is 38.9 Å². The van der Waals surface area contributed by atoms with Gasteiger partial charge in [-0.15, -0.1) is 0 Å². The van der Waals surface area contributed by atoms with Gasteiger partial charge in [0.25, 0.3) is 0 Å². The molecule has 1 fully saturated rings. The fourth-order valence-electron chi connectivity index (χ4n) is 2.39. The van der Waals surface area contributed by atoms with Gasteiger partial charge in [-0.3, -0.25) is 4.90 Å². The van der Waals surface area contributed by atoms with Crippen molar-refractivity contribution in [2.24, 2.45) is 5.92 Å². The molecule has 1 atom stereocenters. The second kappa shape index (κ2) is 6.05. The van der Waals surface area contributed by atoms with Crippen LogP contribution in [-0.4, -0.2) is 42.6 Å². The number of nitrogens with two attached hydrogens (primary N) is 1. The second-order valence-electron chi connectivity index (χ2n) is 5.22. The van der Waals surface area contributed by atoms with Crippen LogP contribution in [0.25, 0.3) is 0 Å². The monoisotopic (exact) mass is 248 g/mol. The van der Waals surface area contributed by atoms with Gasteiger partial charge in [-0.05, 0) is 18.1 Å². The molecule has 1 unspecified atom stereocenters. The van der Waals surface area contributed by atoms with Gasteiger partial charge in [-0.2, -0.15) is 0 Å². The molecule has 1 aliphatic rings. The summed E-state index contributed by atoms with van der Waals surface area (Å²) in [6, 6.07) is 3.81. The minimum Gasteiger partial charge on any atom is -0.396 e. The first kappa shape index (κ1) is 13.1. The minimum absolute atomic E-state index is 0.785. The molecule has 0 bridgehead atoms. The Kier molecular flexibility index (Phi) is 4.42.